The quantitative estimate of drug-likeness (QED) is 0.737. The van der Waals surface area contributed by atoms with Crippen LogP contribution in [0.3, 0.4) is 0 Å². The summed E-state index contributed by atoms with van der Waals surface area (Å²) in [6.45, 7) is 3.45. The Kier molecular flexibility index (Phi) is 6.06. The molecule has 2 rings (SSSR count). The van der Waals surface area contributed by atoms with E-state index in [0.717, 1.165) is 44.4 Å². The molecule has 0 aromatic heterocycles. The maximum Gasteiger partial charge on any atom is 0.315 e. The molecule has 126 valence electrons. The van der Waals surface area contributed by atoms with Crippen LogP contribution in [0.5, 0.6) is 0 Å². The molecule has 1 saturated heterocycles. The van der Waals surface area contributed by atoms with Gasteiger partial charge in [-0.25, -0.2) is 4.79 Å². The van der Waals surface area contributed by atoms with Crippen LogP contribution < -0.4 is 16.0 Å². The molecule has 3 amide bonds. The number of rotatable bonds is 4. The minimum atomic E-state index is -0.424. The number of amides is 3. The summed E-state index contributed by atoms with van der Waals surface area (Å²) in [4.78, 5) is 23.9. The fourth-order valence-corrected chi connectivity index (χ4v) is 3.27. The first-order chi connectivity index (χ1) is 10.5. The molecule has 0 aromatic rings. The van der Waals surface area contributed by atoms with E-state index in [9.17, 15) is 9.59 Å². The zero-order chi connectivity index (χ0) is 16.0. The zero-order valence-electron chi connectivity index (χ0n) is 13.7. The second kappa shape index (κ2) is 7.81. The number of urea groups is 1. The summed E-state index contributed by atoms with van der Waals surface area (Å²) < 4.78 is 5.69. The molecule has 6 heteroatoms. The predicted molar refractivity (Wildman–Crippen MR) is 84.6 cm³/mol. The van der Waals surface area contributed by atoms with Gasteiger partial charge in [0.05, 0.1) is 5.60 Å². The van der Waals surface area contributed by atoms with Gasteiger partial charge in [0, 0.05) is 20.2 Å². The van der Waals surface area contributed by atoms with E-state index in [1.54, 1.807) is 7.11 Å². The summed E-state index contributed by atoms with van der Waals surface area (Å²) in [7, 11) is 1.72. The molecule has 0 unspecified atom stereocenters. The van der Waals surface area contributed by atoms with E-state index < -0.39 is 6.04 Å². The Hall–Kier alpha value is -1.30. The highest BCUT2D eigenvalue weighted by molar-refractivity contribution is 5.87. The van der Waals surface area contributed by atoms with Gasteiger partial charge in [-0.1, -0.05) is 6.92 Å². The Bertz CT molecular complexity index is 392. The smallest absolute Gasteiger partial charge is 0.315 e. The lowest BCUT2D eigenvalue weighted by molar-refractivity contribution is -0.122. The molecule has 0 spiro atoms. The van der Waals surface area contributed by atoms with E-state index in [0.29, 0.717) is 19.5 Å². The van der Waals surface area contributed by atoms with Gasteiger partial charge in [-0.3, -0.25) is 4.79 Å². The fraction of sp³-hybridized carbons (Fsp3) is 0.875. The summed E-state index contributed by atoms with van der Waals surface area (Å²) in [5.74, 6) is 0.646. The van der Waals surface area contributed by atoms with Crippen molar-refractivity contribution in [3.05, 3.63) is 0 Å². The van der Waals surface area contributed by atoms with Gasteiger partial charge in [0.15, 0.2) is 0 Å². The molecule has 22 heavy (non-hydrogen) atoms. The molecule has 1 aliphatic carbocycles. The lowest BCUT2D eigenvalue weighted by Crippen LogP contribution is -2.53. The van der Waals surface area contributed by atoms with Crippen LogP contribution >= 0.6 is 0 Å². The average molecular weight is 311 g/mol. The number of ether oxygens (including phenoxy) is 1. The first kappa shape index (κ1) is 17.1. The van der Waals surface area contributed by atoms with Gasteiger partial charge in [-0.05, 0) is 50.9 Å². The molecule has 3 N–H and O–H groups in total. The van der Waals surface area contributed by atoms with Crippen LogP contribution in [0.4, 0.5) is 4.79 Å². The third-order valence-electron chi connectivity index (χ3n) is 5.03. The highest BCUT2D eigenvalue weighted by Gasteiger charge is 2.34. The number of methoxy groups -OCH3 is 1. The van der Waals surface area contributed by atoms with Crippen molar-refractivity contribution in [2.75, 3.05) is 20.2 Å². The van der Waals surface area contributed by atoms with E-state index in [-0.39, 0.29) is 17.5 Å². The maximum absolute atomic E-state index is 12.1. The molecule has 2 aliphatic rings. The molecule has 2 fully saturated rings. The lowest BCUT2D eigenvalue weighted by Gasteiger charge is -2.38. The second-order valence-corrected chi connectivity index (χ2v) is 6.74. The SMILES string of the molecule is COC1(CNC(=O)N[C@H]2CCCCNC2=O)CCC(C)CC1. The molecule has 1 heterocycles. The highest BCUT2D eigenvalue weighted by Crippen LogP contribution is 2.33. The largest absolute Gasteiger partial charge is 0.376 e. The van der Waals surface area contributed by atoms with Gasteiger partial charge in [0.2, 0.25) is 5.91 Å². The summed E-state index contributed by atoms with van der Waals surface area (Å²) in [6.07, 6.45) is 6.81. The fourth-order valence-electron chi connectivity index (χ4n) is 3.27. The Morgan fingerprint density at radius 2 is 2.05 bits per heavy atom. The average Bonchev–Trinajstić information content (AvgIpc) is 2.72. The minimum absolute atomic E-state index is 0.0828. The van der Waals surface area contributed by atoms with Crippen LogP contribution in [-0.2, 0) is 9.53 Å². The first-order valence-electron chi connectivity index (χ1n) is 8.42. The molecular formula is C16H29N3O3. The predicted octanol–water partition coefficient (Wildman–Crippen LogP) is 1.55. The van der Waals surface area contributed by atoms with Gasteiger partial charge in [-0.2, -0.15) is 0 Å². The van der Waals surface area contributed by atoms with Crippen molar-refractivity contribution in [2.24, 2.45) is 5.92 Å². The van der Waals surface area contributed by atoms with Gasteiger partial charge in [0.25, 0.3) is 0 Å². The summed E-state index contributed by atoms with van der Waals surface area (Å²) >= 11 is 0. The molecule has 6 nitrogen and oxygen atoms in total. The van der Waals surface area contributed by atoms with Crippen LogP contribution in [0.15, 0.2) is 0 Å². The molecular weight excluding hydrogens is 282 g/mol. The lowest BCUT2D eigenvalue weighted by atomic mass is 9.79. The van der Waals surface area contributed by atoms with Crippen LogP contribution in [0.2, 0.25) is 0 Å². The van der Waals surface area contributed by atoms with Gasteiger partial charge in [0.1, 0.15) is 6.04 Å². The third kappa shape index (κ3) is 4.60. The summed E-state index contributed by atoms with van der Waals surface area (Å²) in [6, 6.07) is -0.704. The van der Waals surface area contributed by atoms with Crippen molar-refractivity contribution in [3.8, 4) is 0 Å². The van der Waals surface area contributed by atoms with Crippen LogP contribution in [-0.4, -0.2) is 43.8 Å². The number of hydrogen-bond acceptors (Lipinski definition) is 3. The normalized spacial score (nSPS) is 32.7. The van der Waals surface area contributed by atoms with Gasteiger partial charge < -0.3 is 20.7 Å². The van der Waals surface area contributed by atoms with Crippen LogP contribution in [0.25, 0.3) is 0 Å². The molecule has 1 saturated carbocycles. The standard InChI is InChI=1S/C16H29N3O3/c1-12-6-8-16(22-2,9-7-12)11-18-15(21)19-13-5-3-4-10-17-14(13)20/h12-13H,3-11H2,1-2H3,(H,17,20)(H2,18,19,21)/t12?,13-,16?/m0/s1. The van der Waals surface area contributed by atoms with Crippen molar-refractivity contribution in [2.45, 2.75) is 63.5 Å². The van der Waals surface area contributed by atoms with Gasteiger partial charge >= 0.3 is 6.03 Å². The van der Waals surface area contributed by atoms with Gasteiger partial charge in [-0.15, -0.1) is 0 Å². The van der Waals surface area contributed by atoms with E-state index in [1.807, 2.05) is 0 Å². The monoisotopic (exact) mass is 311 g/mol. The minimum Gasteiger partial charge on any atom is -0.376 e. The third-order valence-corrected chi connectivity index (χ3v) is 5.03. The van der Waals surface area contributed by atoms with E-state index in [1.165, 1.54) is 0 Å². The summed E-state index contributed by atoms with van der Waals surface area (Å²) in [5, 5.41) is 8.50. The maximum atomic E-state index is 12.1. The Labute approximate surface area is 132 Å². The van der Waals surface area contributed by atoms with Crippen molar-refractivity contribution in [1.82, 2.24) is 16.0 Å². The Morgan fingerprint density at radius 1 is 1.32 bits per heavy atom. The van der Waals surface area contributed by atoms with E-state index >= 15 is 0 Å². The number of carbonyl (C=O) groups excluding carboxylic acids is 2. The molecule has 0 bridgehead atoms. The molecule has 0 radical (unpaired) electrons. The van der Waals surface area contributed by atoms with Crippen molar-refractivity contribution in [1.29, 1.82) is 0 Å². The highest BCUT2D eigenvalue weighted by atomic mass is 16.5. The zero-order valence-corrected chi connectivity index (χ0v) is 13.7. The summed E-state index contributed by atoms with van der Waals surface area (Å²) in [5.41, 5.74) is -0.254. The van der Waals surface area contributed by atoms with E-state index in [2.05, 4.69) is 22.9 Å². The number of nitrogens with one attached hydrogen (secondary N) is 3. The van der Waals surface area contributed by atoms with Crippen LogP contribution in [0, 0.1) is 5.92 Å². The molecule has 1 aliphatic heterocycles. The number of hydrogen-bond donors (Lipinski definition) is 3. The van der Waals surface area contributed by atoms with Crippen LogP contribution in [0.1, 0.15) is 51.9 Å². The van der Waals surface area contributed by atoms with Crippen molar-refractivity contribution in [3.63, 3.8) is 0 Å². The second-order valence-electron chi connectivity index (χ2n) is 6.74. The topological polar surface area (TPSA) is 79.5 Å². The van der Waals surface area contributed by atoms with Crippen molar-refractivity contribution < 1.29 is 14.3 Å². The van der Waals surface area contributed by atoms with E-state index in [4.69, 9.17) is 4.74 Å². The number of carbonyl (C=O) groups is 2. The van der Waals surface area contributed by atoms with Crippen molar-refractivity contribution >= 4 is 11.9 Å². The molecule has 1 atom stereocenters. The Morgan fingerprint density at radius 3 is 2.73 bits per heavy atom. The molecule has 0 aromatic carbocycles. The first-order valence-corrected chi connectivity index (χ1v) is 8.42. The Balaban J connectivity index is 1.80.